The van der Waals surface area contributed by atoms with Gasteiger partial charge in [-0.1, -0.05) is 18.5 Å². The van der Waals surface area contributed by atoms with Crippen LogP contribution in [0.1, 0.15) is 26.2 Å². The van der Waals surface area contributed by atoms with Crippen LogP contribution in [0.25, 0.3) is 5.69 Å². The number of nitrogens with one attached hydrogen (secondary N) is 2. The fourth-order valence-electron chi connectivity index (χ4n) is 3.22. The summed E-state index contributed by atoms with van der Waals surface area (Å²) in [5.41, 5.74) is 1.51. The summed E-state index contributed by atoms with van der Waals surface area (Å²) in [7, 11) is 0. The molecule has 1 fully saturated rings. The first-order valence-electron chi connectivity index (χ1n) is 8.43. The molecule has 2 unspecified atom stereocenters. The summed E-state index contributed by atoms with van der Waals surface area (Å²) in [6.45, 7) is 4.26. The fourth-order valence-corrected chi connectivity index (χ4v) is 3.48. The number of amides is 1. The quantitative estimate of drug-likeness (QED) is 0.823. The number of nitrogens with zero attached hydrogens (tertiary/aromatic N) is 2. The Morgan fingerprint density at radius 3 is 3.00 bits per heavy atom. The number of halogens is 2. The van der Waals surface area contributed by atoms with Crippen LogP contribution in [0.2, 0.25) is 5.02 Å². The van der Waals surface area contributed by atoms with Gasteiger partial charge in [0, 0.05) is 24.5 Å². The first kappa shape index (κ1) is 19.8. The normalized spacial score (nSPS) is 18.2. The van der Waals surface area contributed by atoms with E-state index in [2.05, 4.69) is 22.7 Å². The zero-order chi connectivity index (χ0) is 16.9. The van der Waals surface area contributed by atoms with Crippen molar-refractivity contribution >= 4 is 35.6 Å². The molecule has 25 heavy (non-hydrogen) atoms. The van der Waals surface area contributed by atoms with Crippen molar-refractivity contribution in [2.45, 2.75) is 26.2 Å². The molecule has 0 spiro atoms. The van der Waals surface area contributed by atoms with Crippen molar-refractivity contribution in [3.63, 3.8) is 0 Å². The first-order chi connectivity index (χ1) is 11.6. The van der Waals surface area contributed by atoms with Gasteiger partial charge < -0.3 is 10.6 Å². The summed E-state index contributed by atoms with van der Waals surface area (Å²) in [5, 5.41) is 11.1. The van der Waals surface area contributed by atoms with Crippen molar-refractivity contribution in [2.24, 2.45) is 11.8 Å². The molecule has 1 aliphatic heterocycles. The first-order valence-corrected chi connectivity index (χ1v) is 8.81. The van der Waals surface area contributed by atoms with E-state index < -0.39 is 0 Å². The van der Waals surface area contributed by atoms with Crippen LogP contribution in [0.5, 0.6) is 0 Å². The topological polar surface area (TPSA) is 59.0 Å². The number of carbonyl (C=O) groups excluding carboxylic acids is 1. The van der Waals surface area contributed by atoms with Crippen LogP contribution in [0.15, 0.2) is 36.7 Å². The second-order valence-electron chi connectivity index (χ2n) is 6.45. The highest BCUT2D eigenvalue weighted by Crippen LogP contribution is 2.26. The largest absolute Gasteiger partial charge is 0.326 e. The van der Waals surface area contributed by atoms with Gasteiger partial charge in [0.2, 0.25) is 5.91 Å². The standard InChI is InChI=1S/C18H23ClN4O.ClH/c1-13(14-4-2-7-20-12-14)10-18(24)22-15-5-6-17(16(19)11-15)23-9-3-8-21-23;/h3,5-6,8-9,11,13-14,20H,2,4,7,10,12H2,1H3,(H,22,24);1H. The SMILES string of the molecule is CC(CC(=O)Nc1ccc(-n2cccn2)c(Cl)c1)C1CCCNC1.Cl. The van der Waals surface area contributed by atoms with Crippen LogP contribution < -0.4 is 10.6 Å². The lowest BCUT2D eigenvalue weighted by molar-refractivity contribution is -0.117. The van der Waals surface area contributed by atoms with Gasteiger partial charge in [0.15, 0.2) is 0 Å². The molecule has 1 aliphatic rings. The van der Waals surface area contributed by atoms with Gasteiger partial charge >= 0.3 is 0 Å². The van der Waals surface area contributed by atoms with Crippen LogP contribution in [0, 0.1) is 11.8 Å². The Morgan fingerprint density at radius 1 is 1.52 bits per heavy atom. The highest BCUT2D eigenvalue weighted by atomic mass is 35.5. The van der Waals surface area contributed by atoms with Gasteiger partial charge in [0.05, 0.1) is 10.7 Å². The molecule has 1 aromatic carbocycles. The van der Waals surface area contributed by atoms with E-state index in [1.165, 1.54) is 12.8 Å². The van der Waals surface area contributed by atoms with Crippen LogP contribution in [-0.4, -0.2) is 28.8 Å². The van der Waals surface area contributed by atoms with Crippen LogP contribution in [0.3, 0.4) is 0 Å². The van der Waals surface area contributed by atoms with Gasteiger partial charge in [-0.3, -0.25) is 4.79 Å². The van der Waals surface area contributed by atoms with E-state index in [-0.39, 0.29) is 18.3 Å². The highest BCUT2D eigenvalue weighted by Gasteiger charge is 2.22. The van der Waals surface area contributed by atoms with Crippen molar-refractivity contribution in [3.8, 4) is 5.69 Å². The fraction of sp³-hybridized carbons (Fsp3) is 0.444. The van der Waals surface area contributed by atoms with E-state index in [0.29, 0.717) is 23.3 Å². The number of hydrogen-bond acceptors (Lipinski definition) is 3. The molecule has 136 valence electrons. The third kappa shape index (κ3) is 5.21. The Morgan fingerprint density at radius 2 is 2.36 bits per heavy atom. The maximum atomic E-state index is 12.3. The van der Waals surface area contributed by atoms with E-state index in [1.807, 2.05) is 24.4 Å². The molecule has 2 atom stereocenters. The summed E-state index contributed by atoms with van der Waals surface area (Å²) < 4.78 is 1.70. The smallest absolute Gasteiger partial charge is 0.224 e. The van der Waals surface area contributed by atoms with Gasteiger partial charge in [-0.05, 0) is 62.0 Å². The Balaban J connectivity index is 0.00000225. The second-order valence-corrected chi connectivity index (χ2v) is 6.86. The molecule has 1 amide bonds. The minimum absolute atomic E-state index is 0. The molecule has 0 bridgehead atoms. The van der Waals surface area contributed by atoms with Crippen molar-refractivity contribution in [1.29, 1.82) is 0 Å². The Bertz CT molecular complexity index is 684. The molecule has 2 heterocycles. The molecule has 5 nitrogen and oxygen atoms in total. The van der Waals surface area contributed by atoms with Crippen LogP contribution >= 0.6 is 24.0 Å². The van der Waals surface area contributed by atoms with Crippen LogP contribution in [-0.2, 0) is 4.79 Å². The van der Waals surface area contributed by atoms with E-state index in [0.717, 1.165) is 24.5 Å². The molecule has 0 radical (unpaired) electrons. The lowest BCUT2D eigenvalue weighted by Crippen LogP contribution is -2.34. The van der Waals surface area contributed by atoms with Gasteiger partial charge in [-0.15, -0.1) is 12.4 Å². The van der Waals surface area contributed by atoms with Crippen molar-refractivity contribution in [3.05, 3.63) is 41.7 Å². The number of aromatic nitrogens is 2. The summed E-state index contributed by atoms with van der Waals surface area (Å²) in [5.74, 6) is 0.989. The van der Waals surface area contributed by atoms with Gasteiger partial charge in [0.1, 0.15) is 0 Å². The number of rotatable bonds is 5. The lowest BCUT2D eigenvalue weighted by Gasteiger charge is -2.28. The zero-order valence-electron chi connectivity index (χ0n) is 14.2. The Hall–Kier alpha value is -1.56. The molecule has 3 rings (SSSR count). The third-order valence-electron chi connectivity index (χ3n) is 4.63. The molecular formula is C18H24Cl2N4O. The van der Waals surface area contributed by atoms with Crippen molar-refractivity contribution < 1.29 is 4.79 Å². The number of benzene rings is 1. The predicted molar refractivity (Wildman–Crippen MR) is 104 cm³/mol. The monoisotopic (exact) mass is 382 g/mol. The van der Waals surface area contributed by atoms with E-state index in [1.54, 1.807) is 16.9 Å². The number of anilines is 1. The van der Waals surface area contributed by atoms with E-state index in [4.69, 9.17) is 11.6 Å². The minimum Gasteiger partial charge on any atom is -0.326 e. The van der Waals surface area contributed by atoms with Gasteiger partial charge in [0.25, 0.3) is 0 Å². The van der Waals surface area contributed by atoms with E-state index in [9.17, 15) is 4.79 Å². The Labute approximate surface area is 159 Å². The maximum Gasteiger partial charge on any atom is 0.224 e. The van der Waals surface area contributed by atoms with Gasteiger partial charge in [-0.2, -0.15) is 5.10 Å². The number of carbonyl (C=O) groups is 1. The zero-order valence-corrected chi connectivity index (χ0v) is 15.8. The molecule has 2 N–H and O–H groups in total. The van der Waals surface area contributed by atoms with Crippen LogP contribution in [0.4, 0.5) is 5.69 Å². The molecule has 2 aromatic rings. The van der Waals surface area contributed by atoms with Crippen molar-refractivity contribution in [2.75, 3.05) is 18.4 Å². The number of piperidine rings is 1. The average molecular weight is 383 g/mol. The maximum absolute atomic E-state index is 12.3. The van der Waals surface area contributed by atoms with Gasteiger partial charge in [-0.25, -0.2) is 4.68 Å². The predicted octanol–water partition coefficient (Wildman–Crippen LogP) is 3.91. The second kappa shape index (κ2) is 9.22. The molecule has 0 saturated carbocycles. The minimum atomic E-state index is 0. The molecule has 1 aromatic heterocycles. The highest BCUT2D eigenvalue weighted by molar-refractivity contribution is 6.32. The average Bonchev–Trinajstić information content (AvgIpc) is 3.10. The molecular weight excluding hydrogens is 359 g/mol. The molecule has 7 heteroatoms. The lowest BCUT2D eigenvalue weighted by atomic mass is 9.85. The summed E-state index contributed by atoms with van der Waals surface area (Å²) in [6, 6.07) is 7.32. The summed E-state index contributed by atoms with van der Waals surface area (Å²) in [6.07, 6.45) is 6.46. The summed E-state index contributed by atoms with van der Waals surface area (Å²) >= 11 is 6.31. The van der Waals surface area contributed by atoms with E-state index >= 15 is 0 Å². The number of hydrogen-bond donors (Lipinski definition) is 2. The van der Waals surface area contributed by atoms with Crippen molar-refractivity contribution in [1.82, 2.24) is 15.1 Å². The molecule has 0 aliphatic carbocycles. The molecule has 1 saturated heterocycles. The third-order valence-corrected chi connectivity index (χ3v) is 4.93. The summed E-state index contributed by atoms with van der Waals surface area (Å²) in [4.78, 5) is 12.3. The Kier molecular flexibility index (Phi) is 7.29.